The minimum absolute atomic E-state index is 0.0539. The van der Waals surface area contributed by atoms with E-state index in [-0.39, 0.29) is 17.4 Å². The second kappa shape index (κ2) is 6.82. The fourth-order valence-corrected chi connectivity index (χ4v) is 3.51. The monoisotopic (exact) mass is 310 g/mol. The molecule has 0 saturated heterocycles. The molecule has 4 nitrogen and oxygen atoms in total. The maximum absolute atomic E-state index is 12.5. The van der Waals surface area contributed by atoms with Gasteiger partial charge in [0.1, 0.15) is 6.04 Å². The summed E-state index contributed by atoms with van der Waals surface area (Å²) in [6, 6.07) is 8.94. The molecule has 1 aliphatic heterocycles. The molecule has 120 valence electrons. The van der Waals surface area contributed by atoms with Crippen molar-refractivity contribution >= 4 is 12.2 Å². The third kappa shape index (κ3) is 3.21. The highest BCUT2D eigenvalue weighted by Gasteiger charge is 2.35. The summed E-state index contributed by atoms with van der Waals surface area (Å²) in [6.45, 7) is 0. The zero-order chi connectivity index (χ0) is 16.1. The Bertz CT molecular complexity index is 628. The first-order chi connectivity index (χ1) is 11.2. The van der Waals surface area contributed by atoms with Gasteiger partial charge in [0.05, 0.1) is 5.54 Å². The van der Waals surface area contributed by atoms with Gasteiger partial charge in [0.15, 0.2) is 5.78 Å². The van der Waals surface area contributed by atoms with Crippen LogP contribution in [-0.2, 0) is 4.79 Å². The smallest absolute Gasteiger partial charge is 0.207 e. The van der Waals surface area contributed by atoms with Crippen molar-refractivity contribution in [2.45, 2.75) is 43.7 Å². The minimum atomic E-state index is -0.349. The number of benzene rings is 1. The van der Waals surface area contributed by atoms with Crippen LogP contribution in [0.25, 0.3) is 0 Å². The van der Waals surface area contributed by atoms with Crippen molar-refractivity contribution in [3.05, 3.63) is 59.8 Å². The van der Waals surface area contributed by atoms with Gasteiger partial charge >= 0.3 is 0 Å². The van der Waals surface area contributed by atoms with Crippen molar-refractivity contribution in [1.82, 2.24) is 10.6 Å². The maximum atomic E-state index is 12.5. The molecule has 1 unspecified atom stereocenters. The second-order valence-electron chi connectivity index (χ2n) is 6.24. The molecule has 0 aromatic heterocycles. The summed E-state index contributed by atoms with van der Waals surface area (Å²) in [5.41, 5.74) is 1.47. The number of rotatable bonds is 5. The second-order valence-corrected chi connectivity index (χ2v) is 6.24. The molecule has 1 fully saturated rings. The van der Waals surface area contributed by atoms with E-state index in [1.807, 2.05) is 48.7 Å². The number of ketones is 1. The summed E-state index contributed by atoms with van der Waals surface area (Å²) >= 11 is 0. The lowest BCUT2D eigenvalue weighted by Gasteiger charge is -2.39. The van der Waals surface area contributed by atoms with E-state index in [2.05, 4.69) is 10.6 Å². The molecule has 0 bridgehead atoms. The van der Waals surface area contributed by atoms with Crippen molar-refractivity contribution < 1.29 is 9.59 Å². The molecule has 0 spiro atoms. The van der Waals surface area contributed by atoms with Gasteiger partial charge in [0.25, 0.3) is 0 Å². The van der Waals surface area contributed by atoms with Crippen LogP contribution in [0.5, 0.6) is 0 Å². The largest absolute Gasteiger partial charge is 0.378 e. The van der Waals surface area contributed by atoms with Crippen LogP contribution in [0.1, 0.15) is 42.5 Å². The Labute approximate surface area is 136 Å². The molecular weight excluding hydrogens is 288 g/mol. The third-order valence-electron chi connectivity index (χ3n) is 4.82. The summed E-state index contributed by atoms with van der Waals surface area (Å²) in [7, 11) is 0. The first-order valence-corrected chi connectivity index (χ1v) is 8.21. The molecule has 2 N–H and O–H groups in total. The van der Waals surface area contributed by atoms with Crippen molar-refractivity contribution in [2.75, 3.05) is 0 Å². The predicted molar refractivity (Wildman–Crippen MR) is 89.9 cm³/mol. The zero-order valence-corrected chi connectivity index (χ0v) is 13.1. The van der Waals surface area contributed by atoms with Crippen molar-refractivity contribution in [3.63, 3.8) is 0 Å². The van der Waals surface area contributed by atoms with E-state index in [1.165, 1.54) is 6.42 Å². The molecule has 1 aliphatic carbocycles. The molecule has 3 rings (SSSR count). The number of hydrogen-bond donors (Lipinski definition) is 2. The number of amides is 1. The number of nitrogens with one attached hydrogen (secondary N) is 2. The van der Waals surface area contributed by atoms with Gasteiger partial charge in [-0.2, -0.15) is 0 Å². The molecule has 23 heavy (non-hydrogen) atoms. The van der Waals surface area contributed by atoms with Crippen LogP contribution in [0, 0.1) is 0 Å². The van der Waals surface area contributed by atoms with E-state index < -0.39 is 0 Å². The van der Waals surface area contributed by atoms with Crippen LogP contribution < -0.4 is 10.6 Å². The SMILES string of the molecule is O=CNC1(C2=CNC(C(=O)c3ccccc3)C=C2)CCCCC1. The van der Waals surface area contributed by atoms with Crippen LogP contribution in [-0.4, -0.2) is 23.8 Å². The van der Waals surface area contributed by atoms with Gasteiger partial charge in [-0.25, -0.2) is 0 Å². The van der Waals surface area contributed by atoms with E-state index in [1.54, 1.807) is 0 Å². The quantitative estimate of drug-likeness (QED) is 0.649. The highest BCUT2D eigenvalue weighted by molar-refractivity contribution is 6.01. The van der Waals surface area contributed by atoms with Gasteiger partial charge in [-0.05, 0) is 18.4 Å². The van der Waals surface area contributed by atoms with E-state index in [0.717, 1.165) is 37.7 Å². The lowest BCUT2D eigenvalue weighted by Crippen LogP contribution is -2.49. The Balaban J connectivity index is 1.74. The van der Waals surface area contributed by atoms with Crippen molar-refractivity contribution in [1.29, 1.82) is 0 Å². The van der Waals surface area contributed by atoms with Crippen molar-refractivity contribution in [2.24, 2.45) is 0 Å². The Hall–Kier alpha value is -2.36. The van der Waals surface area contributed by atoms with Crippen LogP contribution in [0.2, 0.25) is 0 Å². The summed E-state index contributed by atoms with van der Waals surface area (Å²) in [4.78, 5) is 23.5. The number of hydrogen-bond acceptors (Lipinski definition) is 3. The summed E-state index contributed by atoms with van der Waals surface area (Å²) in [6.07, 6.45) is 11.9. The van der Waals surface area contributed by atoms with E-state index in [4.69, 9.17) is 0 Å². The van der Waals surface area contributed by atoms with Gasteiger partial charge < -0.3 is 10.6 Å². The Morgan fingerprint density at radius 1 is 1.17 bits per heavy atom. The van der Waals surface area contributed by atoms with E-state index in [0.29, 0.717) is 5.56 Å². The Kier molecular flexibility index (Phi) is 4.60. The molecule has 4 heteroatoms. The highest BCUT2D eigenvalue weighted by atomic mass is 16.1. The lowest BCUT2D eigenvalue weighted by molar-refractivity contribution is -0.111. The van der Waals surface area contributed by atoms with E-state index >= 15 is 0 Å². The highest BCUT2D eigenvalue weighted by Crippen LogP contribution is 2.35. The topological polar surface area (TPSA) is 58.2 Å². The summed E-state index contributed by atoms with van der Waals surface area (Å²) < 4.78 is 0. The number of dihydropyridines is 1. The molecule has 1 aromatic rings. The zero-order valence-electron chi connectivity index (χ0n) is 13.1. The normalized spacial score (nSPS) is 22.6. The molecule has 1 atom stereocenters. The number of carbonyl (C=O) groups is 2. The fourth-order valence-electron chi connectivity index (χ4n) is 3.51. The number of Topliss-reactive ketones (excluding diaryl/α,β-unsaturated/α-hetero) is 1. The molecular formula is C19H22N2O2. The van der Waals surface area contributed by atoms with Gasteiger partial charge in [-0.1, -0.05) is 61.7 Å². The predicted octanol–water partition coefficient (Wildman–Crippen LogP) is 2.73. The average Bonchev–Trinajstić information content (AvgIpc) is 2.63. The molecule has 0 radical (unpaired) electrons. The molecule has 1 heterocycles. The van der Waals surface area contributed by atoms with Gasteiger partial charge in [-0.15, -0.1) is 0 Å². The fraction of sp³-hybridized carbons (Fsp3) is 0.368. The lowest BCUT2D eigenvalue weighted by atomic mass is 9.75. The standard InChI is InChI=1S/C19H22N2O2/c22-14-21-19(11-5-2-6-12-19)16-9-10-17(20-13-16)18(23)15-7-3-1-4-8-15/h1,3-4,7-10,13-14,17,20H,2,5-6,11-12H2,(H,21,22). The summed E-state index contributed by atoms with van der Waals surface area (Å²) in [5, 5.41) is 6.21. The van der Waals surface area contributed by atoms with E-state index in [9.17, 15) is 9.59 Å². The third-order valence-corrected chi connectivity index (χ3v) is 4.82. The summed E-state index contributed by atoms with van der Waals surface area (Å²) in [5.74, 6) is 0.0539. The first-order valence-electron chi connectivity index (χ1n) is 8.21. The molecule has 1 aromatic carbocycles. The first kappa shape index (κ1) is 15.5. The van der Waals surface area contributed by atoms with Gasteiger partial charge in [-0.3, -0.25) is 9.59 Å². The maximum Gasteiger partial charge on any atom is 0.207 e. The van der Waals surface area contributed by atoms with Crippen LogP contribution in [0.4, 0.5) is 0 Å². The Morgan fingerprint density at radius 3 is 2.52 bits per heavy atom. The number of carbonyl (C=O) groups excluding carboxylic acids is 2. The van der Waals surface area contributed by atoms with Crippen LogP contribution >= 0.6 is 0 Å². The Morgan fingerprint density at radius 2 is 1.91 bits per heavy atom. The minimum Gasteiger partial charge on any atom is -0.378 e. The molecule has 2 aliphatic rings. The van der Waals surface area contributed by atoms with Gasteiger partial charge in [0.2, 0.25) is 6.41 Å². The molecule has 1 amide bonds. The van der Waals surface area contributed by atoms with Crippen LogP contribution in [0.15, 0.2) is 54.3 Å². The molecule has 1 saturated carbocycles. The average molecular weight is 310 g/mol. The van der Waals surface area contributed by atoms with Gasteiger partial charge in [0, 0.05) is 11.8 Å². The van der Waals surface area contributed by atoms with Crippen LogP contribution in [0.3, 0.4) is 0 Å². The van der Waals surface area contributed by atoms with Crippen molar-refractivity contribution in [3.8, 4) is 0 Å².